The van der Waals surface area contributed by atoms with Gasteiger partial charge in [-0.1, -0.05) is 0 Å². The summed E-state index contributed by atoms with van der Waals surface area (Å²) >= 11 is 0. The molecule has 3 nitrogen and oxygen atoms in total. The average Bonchev–Trinajstić information content (AvgIpc) is 2.76. The lowest BCUT2D eigenvalue weighted by Gasteiger charge is -2.32. The molecule has 2 atom stereocenters. The minimum Gasteiger partial charge on any atom is -0.380 e. The van der Waals surface area contributed by atoms with Crippen LogP contribution in [-0.4, -0.2) is 65.4 Å². The molecule has 2 saturated heterocycles. The van der Waals surface area contributed by atoms with Crippen molar-refractivity contribution in [2.45, 2.75) is 56.8 Å². The molecule has 0 unspecified atom stereocenters. The van der Waals surface area contributed by atoms with E-state index in [1.54, 1.807) is 4.90 Å². The monoisotopic (exact) mass is 294 g/mol. The molecule has 0 aliphatic carbocycles. The molecule has 0 aromatic heterocycles. The van der Waals surface area contributed by atoms with E-state index in [0.717, 1.165) is 39.3 Å². The second-order valence-electron chi connectivity index (χ2n) is 6.38. The summed E-state index contributed by atoms with van der Waals surface area (Å²) in [5.41, 5.74) is -2.61. The minimum atomic E-state index is -4.56. The van der Waals surface area contributed by atoms with Crippen LogP contribution in [0.5, 0.6) is 0 Å². The molecule has 0 aromatic rings. The summed E-state index contributed by atoms with van der Waals surface area (Å²) in [4.78, 5) is 4.25. The van der Waals surface area contributed by atoms with Crippen molar-refractivity contribution in [3.63, 3.8) is 0 Å². The highest BCUT2D eigenvalue weighted by Crippen LogP contribution is 2.31. The van der Waals surface area contributed by atoms with Crippen molar-refractivity contribution in [3.05, 3.63) is 0 Å². The van der Waals surface area contributed by atoms with Crippen LogP contribution in [0.4, 0.5) is 13.2 Å². The van der Waals surface area contributed by atoms with Gasteiger partial charge in [0, 0.05) is 12.6 Å². The standard InChI is InChI=1S/C14H25F3N2O/c1-13(20,14(15,16)17)11-18-7-4-5-12(6-10-18)19-8-2-3-9-19/h12,20H,2-11H2,1H3/t12-,13+/m1/s1. The fourth-order valence-corrected chi connectivity index (χ4v) is 3.29. The number of halogens is 3. The lowest BCUT2D eigenvalue weighted by Crippen LogP contribution is -2.51. The molecule has 2 heterocycles. The second kappa shape index (κ2) is 6.20. The van der Waals surface area contributed by atoms with Crippen molar-refractivity contribution in [1.29, 1.82) is 0 Å². The summed E-state index contributed by atoms with van der Waals surface area (Å²) in [6.07, 6.45) is 0.799. The van der Waals surface area contributed by atoms with E-state index in [-0.39, 0.29) is 6.54 Å². The molecule has 2 aliphatic rings. The number of aliphatic hydroxyl groups is 1. The lowest BCUT2D eigenvalue weighted by atomic mass is 10.1. The number of hydrogen-bond acceptors (Lipinski definition) is 3. The predicted molar refractivity (Wildman–Crippen MR) is 71.6 cm³/mol. The Balaban J connectivity index is 1.86. The third kappa shape index (κ3) is 3.86. The van der Waals surface area contributed by atoms with Crippen molar-refractivity contribution >= 4 is 0 Å². The van der Waals surface area contributed by atoms with Gasteiger partial charge in [-0.15, -0.1) is 0 Å². The van der Waals surface area contributed by atoms with Crippen LogP contribution in [0, 0.1) is 0 Å². The predicted octanol–water partition coefficient (Wildman–Crippen LogP) is 2.25. The topological polar surface area (TPSA) is 26.7 Å². The van der Waals surface area contributed by atoms with Crippen LogP contribution < -0.4 is 0 Å². The molecule has 0 radical (unpaired) electrons. The fraction of sp³-hybridized carbons (Fsp3) is 1.00. The number of hydrogen-bond donors (Lipinski definition) is 1. The highest BCUT2D eigenvalue weighted by molar-refractivity contribution is 4.87. The van der Waals surface area contributed by atoms with Gasteiger partial charge >= 0.3 is 6.18 Å². The molecule has 6 heteroatoms. The van der Waals surface area contributed by atoms with Gasteiger partial charge in [0.2, 0.25) is 0 Å². The number of nitrogens with zero attached hydrogens (tertiary/aromatic N) is 2. The molecule has 20 heavy (non-hydrogen) atoms. The zero-order valence-corrected chi connectivity index (χ0v) is 12.1. The molecule has 0 amide bonds. The maximum atomic E-state index is 12.7. The first-order valence-corrected chi connectivity index (χ1v) is 7.55. The summed E-state index contributed by atoms with van der Waals surface area (Å²) in [6.45, 7) is 4.11. The number of likely N-dealkylation sites (tertiary alicyclic amines) is 2. The van der Waals surface area contributed by atoms with Crippen molar-refractivity contribution in [2.75, 3.05) is 32.7 Å². The molecule has 0 spiro atoms. The Kier molecular flexibility index (Phi) is 4.97. The van der Waals surface area contributed by atoms with E-state index in [1.165, 1.54) is 12.8 Å². The normalized spacial score (nSPS) is 30.1. The average molecular weight is 294 g/mol. The van der Waals surface area contributed by atoms with Crippen molar-refractivity contribution < 1.29 is 18.3 Å². The smallest absolute Gasteiger partial charge is 0.380 e. The molecule has 1 N–H and O–H groups in total. The molecule has 2 aliphatic heterocycles. The fourth-order valence-electron chi connectivity index (χ4n) is 3.29. The van der Waals surface area contributed by atoms with E-state index in [2.05, 4.69) is 4.90 Å². The highest BCUT2D eigenvalue weighted by Gasteiger charge is 2.50. The molecular formula is C14H25F3N2O. The van der Waals surface area contributed by atoms with Crippen LogP contribution in [-0.2, 0) is 0 Å². The van der Waals surface area contributed by atoms with Crippen molar-refractivity contribution in [3.8, 4) is 0 Å². The Morgan fingerprint density at radius 2 is 1.65 bits per heavy atom. The Bertz CT molecular complexity index is 314. The third-order valence-corrected chi connectivity index (χ3v) is 4.59. The Labute approximate surface area is 118 Å². The zero-order valence-electron chi connectivity index (χ0n) is 12.1. The summed E-state index contributed by atoms with van der Waals surface area (Å²) in [6, 6.07) is 0.512. The first kappa shape index (κ1) is 16.0. The quantitative estimate of drug-likeness (QED) is 0.865. The van der Waals surface area contributed by atoms with Gasteiger partial charge in [-0.3, -0.25) is 0 Å². The SMILES string of the molecule is C[C@](O)(CN1CCC[C@@H](N2CCCC2)CC1)C(F)(F)F. The Morgan fingerprint density at radius 1 is 1.00 bits per heavy atom. The van der Waals surface area contributed by atoms with Crippen LogP contribution >= 0.6 is 0 Å². The van der Waals surface area contributed by atoms with Gasteiger partial charge in [0.15, 0.2) is 5.60 Å². The van der Waals surface area contributed by atoms with E-state index < -0.39 is 11.8 Å². The molecule has 118 valence electrons. The molecular weight excluding hydrogens is 269 g/mol. The summed E-state index contributed by atoms with van der Waals surface area (Å²) in [5.74, 6) is 0. The van der Waals surface area contributed by atoms with Crippen molar-refractivity contribution in [1.82, 2.24) is 9.80 Å². The van der Waals surface area contributed by atoms with Crippen LogP contribution in [0.2, 0.25) is 0 Å². The first-order valence-electron chi connectivity index (χ1n) is 7.55. The summed E-state index contributed by atoms with van der Waals surface area (Å²) in [5, 5.41) is 9.60. The highest BCUT2D eigenvalue weighted by atomic mass is 19.4. The van der Waals surface area contributed by atoms with Gasteiger partial charge < -0.3 is 14.9 Å². The van der Waals surface area contributed by atoms with Crippen LogP contribution in [0.25, 0.3) is 0 Å². The Morgan fingerprint density at radius 3 is 2.25 bits per heavy atom. The van der Waals surface area contributed by atoms with Gasteiger partial charge in [0.25, 0.3) is 0 Å². The van der Waals surface area contributed by atoms with Gasteiger partial charge in [-0.25, -0.2) is 0 Å². The molecule has 2 rings (SSSR count). The van der Waals surface area contributed by atoms with E-state index in [1.807, 2.05) is 0 Å². The summed E-state index contributed by atoms with van der Waals surface area (Å²) in [7, 11) is 0. The van der Waals surface area contributed by atoms with E-state index in [4.69, 9.17) is 0 Å². The molecule has 0 bridgehead atoms. The molecule has 2 fully saturated rings. The van der Waals surface area contributed by atoms with E-state index in [9.17, 15) is 18.3 Å². The number of alkyl halides is 3. The number of β-amino-alcohol motifs (C(OH)–C–C–N with tert-alkyl or cyclic N) is 1. The van der Waals surface area contributed by atoms with E-state index in [0.29, 0.717) is 19.1 Å². The summed E-state index contributed by atoms with van der Waals surface area (Å²) < 4.78 is 38.2. The molecule has 0 aromatic carbocycles. The zero-order chi connectivity index (χ0) is 14.8. The van der Waals surface area contributed by atoms with Crippen LogP contribution in [0.3, 0.4) is 0 Å². The number of rotatable bonds is 3. The molecule has 0 saturated carbocycles. The van der Waals surface area contributed by atoms with Crippen LogP contribution in [0.1, 0.15) is 39.0 Å². The largest absolute Gasteiger partial charge is 0.418 e. The van der Waals surface area contributed by atoms with Gasteiger partial charge in [0.05, 0.1) is 0 Å². The minimum absolute atomic E-state index is 0.316. The van der Waals surface area contributed by atoms with Gasteiger partial charge in [-0.05, 0) is 65.2 Å². The van der Waals surface area contributed by atoms with Gasteiger partial charge in [-0.2, -0.15) is 13.2 Å². The third-order valence-electron chi connectivity index (χ3n) is 4.59. The first-order chi connectivity index (χ1) is 9.29. The second-order valence-corrected chi connectivity index (χ2v) is 6.38. The van der Waals surface area contributed by atoms with Crippen molar-refractivity contribution in [2.24, 2.45) is 0 Å². The van der Waals surface area contributed by atoms with Gasteiger partial charge in [0.1, 0.15) is 0 Å². The lowest BCUT2D eigenvalue weighted by molar-refractivity contribution is -0.257. The van der Waals surface area contributed by atoms with E-state index >= 15 is 0 Å². The maximum Gasteiger partial charge on any atom is 0.418 e. The Hall–Kier alpha value is -0.330. The van der Waals surface area contributed by atoms with Crippen LogP contribution in [0.15, 0.2) is 0 Å². The maximum absolute atomic E-state index is 12.7.